The Kier molecular flexibility index (Phi) is 5.00. The van der Waals surface area contributed by atoms with Crippen LogP contribution in [0, 0.1) is 0 Å². The molecule has 0 saturated heterocycles. The number of hydrogen-bond acceptors (Lipinski definition) is 3. The maximum Gasteiger partial charge on any atom is 0.253 e. The molecule has 0 aliphatic carbocycles. The van der Waals surface area contributed by atoms with Gasteiger partial charge < -0.3 is 16.4 Å². The summed E-state index contributed by atoms with van der Waals surface area (Å²) in [6.07, 6.45) is 0. The van der Waals surface area contributed by atoms with Crippen LogP contribution in [0.3, 0.4) is 0 Å². The Morgan fingerprint density at radius 2 is 1.90 bits per heavy atom. The second-order valence-corrected chi connectivity index (χ2v) is 6.02. The largest absolute Gasteiger partial charge is 0.398 e. The Morgan fingerprint density at radius 3 is 2.45 bits per heavy atom. The molecule has 0 radical (unpaired) electrons. The lowest BCUT2D eigenvalue weighted by molar-refractivity contribution is -0.124. The monoisotopic (exact) mass is 297 g/mol. The Labute approximate surface area is 123 Å². The lowest BCUT2D eigenvalue weighted by Crippen LogP contribution is -2.50. The average molecular weight is 298 g/mol. The molecule has 0 aromatic heterocycles. The molecule has 0 aliphatic rings. The van der Waals surface area contributed by atoms with Crippen LogP contribution in [-0.2, 0) is 4.79 Å². The first-order valence-corrected chi connectivity index (χ1v) is 6.66. The number of carbonyl (C=O) groups excluding carboxylic acids is 2. The molecular weight excluding hydrogens is 278 g/mol. The third-order valence-corrected chi connectivity index (χ3v) is 2.93. The molecule has 110 valence electrons. The summed E-state index contributed by atoms with van der Waals surface area (Å²) in [7, 11) is 0. The van der Waals surface area contributed by atoms with Gasteiger partial charge in [-0.2, -0.15) is 0 Å². The van der Waals surface area contributed by atoms with Crippen LogP contribution >= 0.6 is 11.6 Å². The number of anilines is 1. The van der Waals surface area contributed by atoms with E-state index in [1.54, 1.807) is 25.1 Å². The van der Waals surface area contributed by atoms with Gasteiger partial charge in [-0.3, -0.25) is 9.59 Å². The first-order valence-electron chi connectivity index (χ1n) is 6.28. The minimum absolute atomic E-state index is 0.188. The highest BCUT2D eigenvalue weighted by Crippen LogP contribution is 2.22. The lowest BCUT2D eigenvalue weighted by Gasteiger charge is -2.23. The number of rotatable bonds is 3. The number of halogens is 1. The summed E-state index contributed by atoms with van der Waals surface area (Å²) in [5.74, 6) is -0.690. The zero-order chi connectivity index (χ0) is 15.5. The van der Waals surface area contributed by atoms with Crippen LogP contribution in [0.25, 0.3) is 0 Å². The van der Waals surface area contributed by atoms with Gasteiger partial charge in [0.15, 0.2) is 0 Å². The zero-order valence-electron chi connectivity index (χ0n) is 12.1. The molecule has 1 unspecified atom stereocenters. The third-order valence-electron chi connectivity index (χ3n) is 2.51. The van der Waals surface area contributed by atoms with E-state index in [2.05, 4.69) is 10.6 Å². The minimum Gasteiger partial charge on any atom is -0.398 e. The number of amides is 2. The summed E-state index contributed by atoms with van der Waals surface area (Å²) in [6, 6.07) is 4.13. The quantitative estimate of drug-likeness (QED) is 0.746. The summed E-state index contributed by atoms with van der Waals surface area (Å²) in [5, 5.41) is 5.57. The smallest absolute Gasteiger partial charge is 0.253 e. The highest BCUT2D eigenvalue weighted by atomic mass is 35.5. The van der Waals surface area contributed by atoms with Gasteiger partial charge in [0.25, 0.3) is 5.91 Å². The van der Waals surface area contributed by atoms with Crippen LogP contribution < -0.4 is 16.4 Å². The van der Waals surface area contributed by atoms with Crippen molar-refractivity contribution in [1.82, 2.24) is 10.6 Å². The molecule has 0 fully saturated rings. The second kappa shape index (κ2) is 6.13. The predicted octanol–water partition coefficient (Wildman–Crippen LogP) is 1.96. The molecule has 20 heavy (non-hydrogen) atoms. The molecular formula is C14H20ClN3O2. The lowest BCUT2D eigenvalue weighted by atomic mass is 10.1. The normalized spacial score (nSPS) is 12.7. The summed E-state index contributed by atoms with van der Waals surface area (Å²) in [5.41, 5.74) is 5.86. The van der Waals surface area contributed by atoms with Gasteiger partial charge in [0, 0.05) is 5.54 Å². The van der Waals surface area contributed by atoms with E-state index < -0.39 is 11.9 Å². The average Bonchev–Trinajstić information content (AvgIpc) is 2.30. The Bertz CT molecular complexity index is 524. The SMILES string of the molecule is CC(NC(=O)c1cccc(N)c1Cl)C(=O)NC(C)(C)C. The van der Waals surface area contributed by atoms with Gasteiger partial charge in [-0.1, -0.05) is 17.7 Å². The van der Waals surface area contributed by atoms with Crippen molar-refractivity contribution in [2.75, 3.05) is 5.73 Å². The van der Waals surface area contributed by atoms with Crippen LogP contribution in [0.1, 0.15) is 38.1 Å². The molecule has 0 aliphatic heterocycles. The summed E-state index contributed by atoms with van der Waals surface area (Å²) in [4.78, 5) is 24.0. The van der Waals surface area contributed by atoms with Crippen molar-refractivity contribution < 1.29 is 9.59 Å². The molecule has 1 aromatic carbocycles. The second-order valence-electron chi connectivity index (χ2n) is 5.64. The molecule has 1 rings (SSSR count). The van der Waals surface area contributed by atoms with E-state index in [4.69, 9.17) is 17.3 Å². The van der Waals surface area contributed by atoms with E-state index in [9.17, 15) is 9.59 Å². The van der Waals surface area contributed by atoms with Crippen molar-refractivity contribution in [1.29, 1.82) is 0 Å². The first kappa shape index (κ1) is 16.3. The van der Waals surface area contributed by atoms with Gasteiger partial charge in [-0.15, -0.1) is 0 Å². The van der Waals surface area contributed by atoms with Crippen molar-refractivity contribution in [3.05, 3.63) is 28.8 Å². The maximum absolute atomic E-state index is 12.1. The molecule has 2 amide bonds. The Balaban J connectivity index is 2.76. The number of nitrogens with one attached hydrogen (secondary N) is 2. The van der Waals surface area contributed by atoms with E-state index in [1.165, 1.54) is 0 Å². The predicted molar refractivity (Wildman–Crippen MR) is 80.7 cm³/mol. The third kappa shape index (κ3) is 4.42. The van der Waals surface area contributed by atoms with Gasteiger partial charge in [0.2, 0.25) is 5.91 Å². The highest BCUT2D eigenvalue weighted by Gasteiger charge is 2.22. The topological polar surface area (TPSA) is 84.2 Å². The standard InChI is InChI=1S/C14H20ClN3O2/c1-8(12(19)18-14(2,3)4)17-13(20)9-6-5-7-10(16)11(9)15/h5-8H,16H2,1-4H3,(H,17,20)(H,18,19). The summed E-state index contributed by atoms with van der Waals surface area (Å²) in [6.45, 7) is 7.22. The fourth-order valence-corrected chi connectivity index (χ4v) is 1.75. The van der Waals surface area contributed by atoms with Crippen LogP contribution in [-0.4, -0.2) is 23.4 Å². The molecule has 0 bridgehead atoms. The van der Waals surface area contributed by atoms with Crippen molar-refractivity contribution in [2.24, 2.45) is 0 Å². The molecule has 0 spiro atoms. The van der Waals surface area contributed by atoms with E-state index >= 15 is 0 Å². The van der Waals surface area contributed by atoms with Crippen molar-refractivity contribution in [3.8, 4) is 0 Å². The van der Waals surface area contributed by atoms with Crippen LogP contribution in [0.2, 0.25) is 5.02 Å². The van der Waals surface area contributed by atoms with Crippen LogP contribution in [0.5, 0.6) is 0 Å². The first-order chi connectivity index (χ1) is 9.11. The van der Waals surface area contributed by atoms with Crippen molar-refractivity contribution >= 4 is 29.1 Å². The summed E-state index contributed by atoms with van der Waals surface area (Å²) < 4.78 is 0. The fourth-order valence-electron chi connectivity index (χ4n) is 1.54. The zero-order valence-corrected chi connectivity index (χ0v) is 12.8. The number of nitrogens with two attached hydrogens (primary N) is 1. The van der Waals surface area contributed by atoms with Gasteiger partial charge in [0.1, 0.15) is 6.04 Å². The maximum atomic E-state index is 12.1. The van der Waals surface area contributed by atoms with E-state index in [0.29, 0.717) is 5.69 Å². The van der Waals surface area contributed by atoms with Crippen molar-refractivity contribution in [3.63, 3.8) is 0 Å². The molecule has 4 N–H and O–H groups in total. The van der Waals surface area contributed by atoms with E-state index in [0.717, 1.165) is 0 Å². The number of benzene rings is 1. The number of carbonyl (C=O) groups is 2. The molecule has 6 heteroatoms. The van der Waals surface area contributed by atoms with Gasteiger partial charge >= 0.3 is 0 Å². The van der Waals surface area contributed by atoms with Gasteiger partial charge in [-0.25, -0.2) is 0 Å². The van der Waals surface area contributed by atoms with Gasteiger partial charge in [0.05, 0.1) is 16.3 Å². The van der Waals surface area contributed by atoms with Crippen LogP contribution in [0.15, 0.2) is 18.2 Å². The summed E-state index contributed by atoms with van der Waals surface area (Å²) >= 11 is 5.97. The Hall–Kier alpha value is -1.75. The molecule has 1 atom stereocenters. The number of nitrogen functional groups attached to an aromatic ring is 1. The van der Waals surface area contributed by atoms with Crippen LogP contribution in [0.4, 0.5) is 5.69 Å². The Morgan fingerprint density at radius 1 is 1.30 bits per heavy atom. The molecule has 0 heterocycles. The van der Waals surface area contributed by atoms with E-state index in [-0.39, 0.29) is 22.0 Å². The van der Waals surface area contributed by atoms with Gasteiger partial charge in [-0.05, 0) is 39.8 Å². The number of hydrogen-bond donors (Lipinski definition) is 3. The minimum atomic E-state index is -0.667. The highest BCUT2D eigenvalue weighted by molar-refractivity contribution is 6.36. The molecule has 0 saturated carbocycles. The van der Waals surface area contributed by atoms with E-state index in [1.807, 2.05) is 20.8 Å². The molecule has 1 aromatic rings. The fraction of sp³-hybridized carbons (Fsp3) is 0.429. The molecule has 5 nitrogen and oxygen atoms in total. The van der Waals surface area contributed by atoms with Crippen molar-refractivity contribution in [2.45, 2.75) is 39.3 Å².